The van der Waals surface area contributed by atoms with Crippen molar-refractivity contribution in [3.8, 4) is 0 Å². The maximum Gasteiger partial charge on any atom is 0.416 e. The van der Waals surface area contributed by atoms with Crippen molar-refractivity contribution in [2.75, 3.05) is 5.32 Å². The van der Waals surface area contributed by atoms with Crippen LogP contribution < -0.4 is 11.1 Å². The van der Waals surface area contributed by atoms with E-state index in [0.717, 1.165) is 17.7 Å². The fraction of sp³-hybridized carbons (Fsp3) is 0.133. The lowest BCUT2D eigenvalue weighted by Gasteiger charge is -2.13. The van der Waals surface area contributed by atoms with Crippen LogP contribution >= 0.6 is 12.2 Å². The van der Waals surface area contributed by atoms with Gasteiger partial charge >= 0.3 is 6.18 Å². The SMILES string of the molecule is Cc1ccc(C(F)(F)F)cc1Nc1ccc(C(N)=S)cc1. The Hall–Kier alpha value is -2.08. The second kappa shape index (κ2) is 5.73. The minimum atomic E-state index is -4.36. The number of benzene rings is 2. The lowest BCUT2D eigenvalue weighted by molar-refractivity contribution is -0.137. The molecule has 3 N–H and O–H groups in total. The molecule has 2 nitrogen and oxygen atoms in total. The molecule has 0 saturated carbocycles. The van der Waals surface area contributed by atoms with Gasteiger partial charge in [-0.05, 0) is 48.9 Å². The molecule has 0 aromatic heterocycles. The summed E-state index contributed by atoms with van der Waals surface area (Å²) in [6.07, 6.45) is -4.36. The number of hydrogen-bond donors (Lipinski definition) is 2. The summed E-state index contributed by atoms with van der Waals surface area (Å²) in [7, 11) is 0. The first-order valence-electron chi connectivity index (χ1n) is 6.12. The first kappa shape index (κ1) is 15.3. The van der Waals surface area contributed by atoms with E-state index in [0.29, 0.717) is 16.9 Å². The summed E-state index contributed by atoms with van der Waals surface area (Å²) in [5.74, 6) is 0. The van der Waals surface area contributed by atoms with Crippen molar-refractivity contribution in [2.45, 2.75) is 13.1 Å². The Kier molecular flexibility index (Phi) is 4.18. The summed E-state index contributed by atoms with van der Waals surface area (Å²) in [6.45, 7) is 1.74. The van der Waals surface area contributed by atoms with Crippen LogP contribution in [0.1, 0.15) is 16.7 Å². The van der Waals surface area contributed by atoms with E-state index in [-0.39, 0.29) is 4.99 Å². The van der Waals surface area contributed by atoms with Crippen LogP contribution in [0.25, 0.3) is 0 Å². The van der Waals surface area contributed by atoms with Crippen LogP contribution in [0.2, 0.25) is 0 Å². The van der Waals surface area contributed by atoms with E-state index in [1.807, 2.05) is 0 Å². The minimum Gasteiger partial charge on any atom is -0.389 e. The summed E-state index contributed by atoms with van der Waals surface area (Å²) in [6, 6.07) is 10.5. The summed E-state index contributed by atoms with van der Waals surface area (Å²) in [4.78, 5) is 0.275. The quantitative estimate of drug-likeness (QED) is 0.826. The Bertz CT molecular complexity index is 664. The zero-order chi connectivity index (χ0) is 15.6. The number of nitrogens with one attached hydrogen (secondary N) is 1. The summed E-state index contributed by atoms with van der Waals surface area (Å²) in [5.41, 5.74) is 7.31. The molecule has 2 rings (SSSR count). The van der Waals surface area contributed by atoms with Crippen molar-refractivity contribution in [1.29, 1.82) is 0 Å². The molecule has 0 fully saturated rings. The molecule has 110 valence electrons. The van der Waals surface area contributed by atoms with E-state index in [1.54, 1.807) is 31.2 Å². The zero-order valence-corrected chi connectivity index (χ0v) is 12.0. The molecular formula is C15H13F3N2S. The third-order valence-electron chi connectivity index (χ3n) is 3.01. The number of nitrogens with two attached hydrogens (primary N) is 1. The number of anilines is 2. The first-order chi connectivity index (χ1) is 9.77. The number of aryl methyl sites for hydroxylation is 1. The molecule has 0 aliphatic carbocycles. The van der Waals surface area contributed by atoms with Gasteiger partial charge in [0.05, 0.1) is 5.56 Å². The molecular weight excluding hydrogens is 297 g/mol. The highest BCUT2D eigenvalue weighted by Crippen LogP contribution is 2.33. The molecule has 0 bridgehead atoms. The monoisotopic (exact) mass is 310 g/mol. The van der Waals surface area contributed by atoms with Crippen molar-refractivity contribution in [2.24, 2.45) is 5.73 Å². The van der Waals surface area contributed by atoms with E-state index in [1.165, 1.54) is 6.07 Å². The van der Waals surface area contributed by atoms with Crippen LogP contribution in [-0.4, -0.2) is 4.99 Å². The molecule has 0 radical (unpaired) electrons. The Morgan fingerprint density at radius 2 is 1.71 bits per heavy atom. The molecule has 0 saturated heterocycles. The average Bonchev–Trinajstić information content (AvgIpc) is 2.40. The van der Waals surface area contributed by atoms with Gasteiger partial charge in [-0.3, -0.25) is 0 Å². The van der Waals surface area contributed by atoms with E-state index >= 15 is 0 Å². The Balaban J connectivity index is 2.28. The van der Waals surface area contributed by atoms with E-state index in [9.17, 15) is 13.2 Å². The van der Waals surface area contributed by atoms with Crippen LogP contribution in [0, 0.1) is 6.92 Å². The largest absolute Gasteiger partial charge is 0.416 e. The van der Waals surface area contributed by atoms with E-state index in [4.69, 9.17) is 18.0 Å². The van der Waals surface area contributed by atoms with Crippen LogP contribution in [0.5, 0.6) is 0 Å². The first-order valence-corrected chi connectivity index (χ1v) is 6.53. The molecule has 2 aromatic rings. The Labute approximate surface area is 125 Å². The molecule has 0 unspecified atom stereocenters. The summed E-state index contributed by atoms with van der Waals surface area (Å²) >= 11 is 4.85. The topological polar surface area (TPSA) is 38.0 Å². The number of thiocarbonyl (C=S) groups is 1. The van der Waals surface area contributed by atoms with E-state index in [2.05, 4.69) is 5.32 Å². The molecule has 0 spiro atoms. The van der Waals surface area contributed by atoms with Gasteiger partial charge in [-0.25, -0.2) is 0 Å². The fourth-order valence-corrected chi connectivity index (χ4v) is 1.94. The highest BCUT2D eigenvalue weighted by Gasteiger charge is 2.30. The van der Waals surface area contributed by atoms with Crippen LogP contribution in [-0.2, 0) is 6.18 Å². The lowest BCUT2D eigenvalue weighted by atomic mass is 10.1. The van der Waals surface area contributed by atoms with Crippen LogP contribution in [0.3, 0.4) is 0 Å². The maximum absolute atomic E-state index is 12.7. The second-order valence-corrected chi connectivity index (χ2v) is 5.03. The molecule has 21 heavy (non-hydrogen) atoms. The summed E-state index contributed by atoms with van der Waals surface area (Å²) < 4.78 is 38.2. The van der Waals surface area contributed by atoms with Crippen LogP contribution in [0.15, 0.2) is 42.5 Å². The maximum atomic E-state index is 12.7. The normalized spacial score (nSPS) is 11.2. The zero-order valence-electron chi connectivity index (χ0n) is 11.2. The van der Waals surface area contributed by atoms with Crippen molar-refractivity contribution in [3.63, 3.8) is 0 Å². The van der Waals surface area contributed by atoms with Gasteiger partial charge in [0, 0.05) is 16.9 Å². The van der Waals surface area contributed by atoms with Gasteiger partial charge in [0.15, 0.2) is 0 Å². The third-order valence-corrected chi connectivity index (χ3v) is 3.25. The molecule has 0 aliphatic heterocycles. The number of alkyl halides is 3. The molecule has 2 aromatic carbocycles. The van der Waals surface area contributed by atoms with Gasteiger partial charge in [0.25, 0.3) is 0 Å². The van der Waals surface area contributed by atoms with E-state index < -0.39 is 11.7 Å². The lowest BCUT2D eigenvalue weighted by Crippen LogP contribution is -2.09. The van der Waals surface area contributed by atoms with Crippen molar-refractivity contribution in [3.05, 3.63) is 59.2 Å². The van der Waals surface area contributed by atoms with Gasteiger partial charge < -0.3 is 11.1 Å². The predicted octanol–water partition coefficient (Wildman–Crippen LogP) is 4.39. The number of hydrogen-bond acceptors (Lipinski definition) is 2. The minimum absolute atomic E-state index is 0.275. The molecule has 0 amide bonds. The van der Waals surface area contributed by atoms with Crippen LogP contribution in [0.4, 0.5) is 24.5 Å². The predicted molar refractivity (Wildman–Crippen MR) is 81.8 cm³/mol. The summed E-state index contributed by atoms with van der Waals surface area (Å²) in [5, 5.41) is 2.97. The Morgan fingerprint density at radius 3 is 2.24 bits per heavy atom. The fourth-order valence-electron chi connectivity index (χ4n) is 1.81. The standard InChI is InChI=1S/C15H13F3N2S/c1-9-2-5-11(15(16,17)18)8-13(9)20-12-6-3-10(4-7-12)14(19)21/h2-8,20H,1H3,(H2,19,21). The highest BCUT2D eigenvalue weighted by molar-refractivity contribution is 7.80. The molecule has 0 heterocycles. The number of halogens is 3. The van der Waals surface area contributed by atoms with Gasteiger partial charge in [0.1, 0.15) is 4.99 Å². The molecule has 0 atom stereocenters. The molecule has 6 heteroatoms. The smallest absolute Gasteiger partial charge is 0.389 e. The molecule has 0 aliphatic rings. The third kappa shape index (κ3) is 3.72. The Morgan fingerprint density at radius 1 is 1.10 bits per heavy atom. The van der Waals surface area contributed by atoms with Crippen molar-refractivity contribution < 1.29 is 13.2 Å². The second-order valence-electron chi connectivity index (χ2n) is 4.59. The van der Waals surface area contributed by atoms with Crippen molar-refractivity contribution >= 4 is 28.6 Å². The number of rotatable bonds is 3. The van der Waals surface area contributed by atoms with Gasteiger partial charge in [-0.2, -0.15) is 13.2 Å². The van der Waals surface area contributed by atoms with Gasteiger partial charge in [-0.15, -0.1) is 0 Å². The highest BCUT2D eigenvalue weighted by atomic mass is 32.1. The average molecular weight is 310 g/mol. The van der Waals surface area contributed by atoms with Gasteiger partial charge in [0.2, 0.25) is 0 Å². The van der Waals surface area contributed by atoms with Gasteiger partial charge in [-0.1, -0.05) is 18.3 Å². The van der Waals surface area contributed by atoms with Crippen molar-refractivity contribution in [1.82, 2.24) is 0 Å².